The average molecular weight is 281 g/mol. The Bertz CT molecular complexity index is 461. The Labute approximate surface area is 117 Å². The number of aryl methyl sites for hydroxylation is 1. The van der Waals surface area contributed by atoms with Crippen molar-refractivity contribution in [2.45, 2.75) is 25.3 Å². The van der Waals surface area contributed by atoms with Gasteiger partial charge < -0.3 is 20.3 Å². The number of methoxy groups -OCH3 is 1. The molecule has 0 saturated carbocycles. The van der Waals surface area contributed by atoms with E-state index in [-0.39, 0.29) is 25.4 Å². The van der Waals surface area contributed by atoms with Crippen LogP contribution in [-0.4, -0.2) is 41.8 Å². The lowest BCUT2D eigenvalue weighted by atomic mass is 10.1. The van der Waals surface area contributed by atoms with Crippen LogP contribution in [0.15, 0.2) is 24.3 Å². The molecule has 0 saturated heterocycles. The first-order valence-corrected chi connectivity index (χ1v) is 6.33. The predicted molar refractivity (Wildman–Crippen MR) is 72.6 cm³/mol. The van der Waals surface area contributed by atoms with E-state index in [0.29, 0.717) is 12.2 Å². The van der Waals surface area contributed by atoms with E-state index in [2.05, 4.69) is 5.32 Å². The van der Waals surface area contributed by atoms with Crippen LogP contribution in [0.3, 0.4) is 0 Å². The number of aliphatic hydroxyl groups excluding tert-OH is 1. The number of ether oxygens (including phenoxy) is 1. The van der Waals surface area contributed by atoms with Gasteiger partial charge in [-0.25, -0.2) is 4.79 Å². The first-order chi connectivity index (χ1) is 9.58. The number of hydrogen-bond acceptors (Lipinski definition) is 4. The van der Waals surface area contributed by atoms with E-state index < -0.39 is 12.0 Å². The van der Waals surface area contributed by atoms with Crippen LogP contribution in [0, 0.1) is 0 Å². The van der Waals surface area contributed by atoms with E-state index in [9.17, 15) is 9.59 Å². The molecule has 6 heteroatoms. The second kappa shape index (κ2) is 8.16. The Kier molecular flexibility index (Phi) is 6.52. The highest BCUT2D eigenvalue weighted by Crippen LogP contribution is 2.18. The third kappa shape index (κ3) is 4.89. The highest BCUT2D eigenvalue weighted by molar-refractivity contribution is 5.83. The summed E-state index contributed by atoms with van der Waals surface area (Å²) >= 11 is 0. The molecule has 6 nitrogen and oxygen atoms in total. The zero-order valence-electron chi connectivity index (χ0n) is 11.3. The molecule has 110 valence electrons. The highest BCUT2D eigenvalue weighted by atomic mass is 16.5. The molecular formula is C14H19NO5. The minimum atomic E-state index is -1.15. The van der Waals surface area contributed by atoms with Crippen LogP contribution in [0.5, 0.6) is 5.75 Å². The van der Waals surface area contributed by atoms with Crippen molar-refractivity contribution in [3.8, 4) is 5.75 Å². The summed E-state index contributed by atoms with van der Waals surface area (Å²) in [5.74, 6) is -0.813. The number of amides is 1. The maximum absolute atomic E-state index is 11.7. The molecule has 0 unspecified atom stereocenters. The summed E-state index contributed by atoms with van der Waals surface area (Å²) in [6, 6.07) is 6.30. The molecule has 1 atom stereocenters. The van der Waals surface area contributed by atoms with Gasteiger partial charge in [0.2, 0.25) is 5.91 Å². The molecule has 1 amide bonds. The van der Waals surface area contributed by atoms with Gasteiger partial charge >= 0.3 is 5.97 Å². The summed E-state index contributed by atoms with van der Waals surface area (Å²) in [6.07, 6.45) is 0.618. The monoisotopic (exact) mass is 281 g/mol. The third-order valence-corrected chi connectivity index (χ3v) is 2.87. The molecule has 1 rings (SSSR count). The molecule has 0 bridgehead atoms. The maximum atomic E-state index is 11.7. The summed E-state index contributed by atoms with van der Waals surface area (Å²) < 4.78 is 5.18. The van der Waals surface area contributed by atoms with E-state index in [1.165, 1.54) is 0 Å². The van der Waals surface area contributed by atoms with Gasteiger partial charge in [-0.2, -0.15) is 0 Å². The van der Waals surface area contributed by atoms with Crippen molar-refractivity contribution in [1.29, 1.82) is 0 Å². The first-order valence-electron chi connectivity index (χ1n) is 6.33. The molecule has 1 aromatic rings. The van der Waals surface area contributed by atoms with Gasteiger partial charge in [-0.05, 0) is 18.1 Å². The van der Waals surface area contributed by atoms with Crippen LogP contribution in [0.1, 0.15) is 18.4 Å². The van der Waals surface area contributed by atoms with E-state index in [4.69, 9.17) is 14.9 Å². The number of rotatable bonds is 8. The van der Waals surface area contributed by atoms with Gasteiger partial charge in [-0.3, -0.25) is 4.79 Å². The van der Waals surface area contributed by atoms with Crippen molar-refractivity contribution < 1.29 is 24.5 Å². The molecule has 3 N–H and O–H groups in total. The standard InChI is InChI=1S/C14H19NO5/c1-20-12-5-3-2-4-10(12)6-7-13(17)15-11(8-9-16)14(18)19/h2-5,11,16H,6-9H2,1H3,(H,15,17)(H,18,19)/t11-/m1/s1. The summed E-state index contributed by atoms with van der Waals surface area (Å²) in [5, 5.41) is 20.0. The van der Waals surface area contributed by atoms with Crippen LogP contribution >= 0.6 is 0 Å². The van der Waals surface area contributed by atoms with Crippen molar-refractivity contribution in [2.75, 3.05) is 13.7 Å². The number of hydrogen-bond donors (Lipinski definition) is 3. The molecule has 20 heavy (non-hydrogen) atoms. The van der Waals surface area contributed by atoms with E-state index in [1.54, 1.807) is 13.2 Å². The van der Waals surface area contributed by atoms with Gasteiger partial charge in [0.15, 0.2) is 0 Å². The average Bonchev–Trinajstić information content (AvgIpc) is 2.44. The summed E-state index contributed by atoms with van der Waals surface area (Å²) in [4.78, 5) is 22.6. The van der Waals surface area contributed by atoms with Crippen molar-refractivity contribution in [1.82, 2.24) is 5.32 Å². The number of carbonyl (C=O) groups is 2. The Balaban J connectivity index is 2.52. The number of carboxylic acid groups (broad SMARTS) is 1. The number of para-hydroxylation sites is 1. The third-order valence-electron chi connectivity index (χ3n) is 2.87. The Morgan fingerprint density at radius 1 is 1.35 bits per heavy atom. The smallest absolute Gasteiger partial charge is 0.326 e. The zero-order valence-corrected chi connectivity index (χ0v) is 11.3. The van der Waals surface area contributed by atoms with E-state index >= 15 is 0 Å². The number of carbonyl (C=O) groups excluding carboxylic acids is 1. The van der Waals surface area contributed by atoms with Crippen LogP contribution in [-0.2, 0) is 16.0 Å². The normalized spacial score (nSPS) is 11.7. The minimum Gasteiger partial charge on any atom is -0.496 e. The van der Waals surface area contributed by atoms with Gasteiger partial charge in [-0.1, -0.05) is 18.2 Å². The lowest BCUT2D eigenvalue weighted by Crippen LogP contribution is -2.41. The molecule has 0 aliphatic rings. The predicted octanol–water partition coefficient (Wildman–Crippen LogP) is 0.580. The van der Waals surface area contributed by atoms with Gasteiger partial charge in [0.05, 0.1) is 7.11 Å². The highest BCUT2D eigenvalue weighted by Gasteiger charge is 2.19. The number of aliphatic hydroxyl groups is 1. The summed E-state index contributed by atoms with van der Waals surface area (Å²) in [6.45, 7) is -0.288. The molecule has 0 heterocycles. The van der Waals surface area contributed by atoms with Crippen molar-refractivity contribution >= 4 is 11.9 Å². The fourth-order valence-electron chi connectivity index (χ4n) is 1.81. The van der Waals surface area contributed by atoms with Crippen LogP contribution in [0.4, 0.5) is 0 Å². The number of aliphatic carboxylic acids is 1. The SMILES string of the molecule is COc1ccccc1CCC(=O)N[C@H](CCO)C(=O)O. The summed E-state index contributed by atoms with van der Waals surface area (Å²) in [7, 11) is 1.56. The molecule has 1 aromatic carbocycles. The van der Waals surface area contributed by atoms with Gasteiger partial charge in [0, 0.05) is 19.4 Å². The molecular weight excluding hydrogens is 262 g/mol. The lowest BCUT2D eigenvalue weighted by molar-refractivity contribution is -0.142. The van der Waals surface area contributed by atoms with Crippen molar-refractivity contribution in [3.05, 3.63) is 29.8 Å². The van der Waals surface area contributed by atoms with Gasteiger partial charge in [0.1, 0.15) is 11.8 Å². The van der Waals surface area contributed by atoms with Crippen molar-refractivity contribution in [3.63, 3.8) is 0 Å². The first kappa shape index (κ1) is 16.0. The molecule has 0 aliphatic carbocycles. The number of nitrogens with one attached hydrogen (secondary N) is 1. The summed E-state index contributed by atoms with van der Waals surface area (Å²) in [5.41, 5.74) is 0.888. The van der Waals surface area contributed by atoms with Gasteiger partial charge in [-0.15, -0.1) is 0 Å². The molecule has 0 radical (unpaired) electrons. The topological polar surface area (TPSA) is 95.9 Å². The second-order valence-corrected chi connectivity index (χ2v) is 4.28. The quantitative estimate of drug-likeness (QED) is 0.648. The fourth-order valence-corrected chi connectivity index (χ4v) is 1.81. The van der Waals surface area contributed by atoms with Crippen LogP contribution in [0.2, 0.25) is 0 Å². The van der Waals surface area contributed by atoms with Crippen LogP contribution < -0.4 is 10.1 Å². The zero-order chi connectivity index (χ0) is 15.0. The number of carboxylic acids is 1. The Morgan fingerprint density at radius 3 is 2.65 bits per heavy atom. The molecule has 0 aliphatic heterocycles. The second-order valence-electron chi connectivity index (χ2n) is 4.28. The van der Waals surface area contributed by atoms with E-state index in [1.807, 2.05) is 18.2 Å². The molecule has 0 fully saturated rings. The lowest BCUT2D eigenvalue weighted by Gasteiger charge is -2.13. The number of benzene rings is 1. The van der Waals surface area contributed by atoms with Gasteiger partial charge in [0.25, 0.3) is 0 Å². The fraction of sp³-hybridized carbons (Fsp3) is 0.429. The minimum absolute atomic E-state index is 0.00423. The Hall–Kier alpha value is -2.08. The molecule has 0 spiro atoms. The van der Waals surface area contributed by atoms with E-state index in [0.717, 1.165) is 5.56 Å². The molecule has 0 aromatic heterocycles. The van der Waals surface area contributed by atoms with Crippen LogP contribution in [0.25, 0.3) is 0 Å². The largest absolute Gasteiger partial charge is 0.496 e. The van der Waals surface area contributed by atoms with Crippen molar-refractivity contribution in [2.24, 2.45) is 0 Å². The Morgan fingerprint density at radius 2 is 2.05 bits per heavy atom. The maximum Gasteiger partial charge on any atom is 0.326 e.